The van der Waals surface area contributed by atoms with Gasteiger partial charge in [-0.05, 0) is 18.8 Å². The molecule has 4 atom stereocenters. The van der Waals surface area contributed by atoms with Crippen LogP contribution in [0.25, 0.3) is 0 Å². The topological polar surface area (TPSA) is 98.8 Å². The summed E-state index contributed by atoms with van der Waals surface area (Å²) in [6, 6.07) is 0. The van der Waals surface area contributed by atoms with Gasteiger partial charge in [0.1, 0.15) is 12.5 Å². The second-order valence-corrected chi connectivity index (χ2v) is 7.06. The molecule has 0 saturated carbocycles. The third-order valence-corrected chi connectivity index (χ3v) is 4.44. The molecular formula is C14H30NO5P. The Morgan fingerprint density at radius 3 is 2.52 bits per heavy atom. The minimum Gasteiger partial charge on any atom is -0.306 e. The fourth-order valence-corrected chi connectivity index (χ4v) is 2.67. The molecule has 0 aromatic heterocycles. The molecule has 0 amide bonds. The van der Waals surface area contributed by atoms with Gasteiger partial charge in [0.25, 0.3) is 0 Å². The number of aldehydes is 1. The summed E-state index contributed by atoms with van der Waals surface area (Å²) in [6.07, 6.45) is 5.03. The maximum atomic E-state index is 11.6. The van der Waals surface area contributed by atoms with Crippen molar-refractivity contribution in [1.82, 2.24) is 0 Å². The van der Waals surface area contributed by atoms with E-state index in [2.05, 4.69) is 13.8 Å². The molecule has 3 N–H and O–H groups in total. The lowest BCUT2D eigenvalue weighted by Crippen LogP contribution is -2.26. The SMILES string of the molecule is CCC(C)CCCCCOP(=O)(O)OC(N)CC(C)C=O. The highest BCUT2D eigenvalue weighted by Gasteiger charge is 2.25. The van der Waals surface area contributed by atoms with Crippen molar-refractivity contribution < 1.29 is 23.3 Å². The van der Waals surface area contributed by atoms with Gasteiger partial charge >= 0.3 is 7.82 Å². The maximum absolute atomic E-state index is 11.6. The Morgan fingerprint density at radius 1 is 1.29 bits per heavy atom. The molecule has 0 heterocycles. The Hall–Kier alpha value is -0.260. The molecule has 0 spiro atoms. The number of phosphoric ester groups is 1. The molecule has 0 aromatic carbocycles. The van der Waals surface area contributed by atoms with E-state index in [4.69, 9.17) is 14.8 Å². The number of carbonyl (C=O) groups excluding carboxylic acids is 1. The maximum Gasteiger partial charge on any atom is 0.473 e. The van der Waals surface area contributed by atoms with Crippen molar-refractivity contribution in [3.05, 3.63) is 0 Å². The van der Waals surface area contributed by atoms with E-state index >= 15 is 0 Å². The summed E-state index contributed by atoms with van der Waals surface area (Å²) in [5, 5.41) is 0. The number of rotatable bonds is 13. The Balaban J connectivity index is 3.77. The molecule has 4 unspecified atom stereocenters. The number of hydrogen-bond acceptors (Lipinski definition) is 5. The molecule has 0 aliphatic heterocycles. The van der Waals surface area contributed by atoms with Gasteiger partial charge in [-0.15, -0.1) is 0 Å². The molecule has 0 aromatic rings. The van der Waals surface area contributed by atoms with E-state index in [1.807, 2.05) is 0 Å². The molecule has 0 bridgehead atoms. The molecule has 6 nitrogen and oxygen atoms in total. The summed E-state index contributed by atoms with van der Waals surface area (Å²) in [7, 11) is -4.13. The van der Waals surface area contributed by atoms with E-state index in [0.29, 0.717) is 6.42 Å². The number of nitrogens with two attached hydrogens (primary N) is 1. The first kappa shape index (κ1) is 20.7. The molecular weight excluding hydrogens is 293 g/mol. The second-order valence-electron chi connectivity index (χ2n) is 5.66. The fraction of sp³-hybridized carbons (Fsp3) is 0.929. The molecule has 0 radical (unpaired) electrons. The van der Waals surface area contributed by atoms with Crippen LogP contribution in [0.1, 0.15) is 59.3 Å². The first-order chi connectivity index (χ1) is 9.80. The van der Waals surface area contributed by atoms with E-state index in [-0.39, 0.29) is 18.9 Å². The number of carbonyl (C=O) groups is 1. The molecule has 21 heavy (non-hydrogen) atoms. The minimum absolute atomic E-state index is 0.171. The first-order valence-electron chi connectivity index (χ1n) is 7.67. The highest BCUT2D eigenvalue weighted by atomic mass is 31.2. The first-order valence-corrected chi connectivity index (χ1v) is 9.16. The lowest BCUT2D eigenvalue weighted by molar-refractivity contribution is -0.111. The lowest BCUT2D eigenvalue weighted by Gasteiger charge is -2.18. The van der Waals surface area contributed by atoms with Crippen LogP contribution in [0.5, 0.6) is 0 Å². The van der Waals surface area contributed by atoms with Crippen LogP contribution in [0.15, 0.2) is 0 Å². The molecule has 126 valence electrons. The average Bonchev–Trinajstić information content (AvgIpc) is 2.41. The Labute approximate surface area is 128 Å². The summed E-state index contributed by atoms with van der Waals surface area (Å²) >= 11 is 0. The largest absolute Gasteiger partial charge is 0.473 e. The van der Waals surface area contributed by atoms with E-state index in [1.165, 1.54) is 6.42 Å². The molecule has 0 fully saturated rings. The second kappa shape index (κ2) is 11.3. The predicted molar refractivity (Wildman–Crippen MR) is 82.6 cm³/mol. The van der Waals surface area contributed by atoms with Gasteiger partial charge in [0.15, 0.2) is 0 Å². The fourth-order valence-electron chi connectivity index (χ4n) is 1.82. The summed E-state index contributed by atoms with van der Waals surface area (Å²) < 4.78 is 21.3. The van der Waals surface area contributed by atoms with Crippen molar-refractivity contribution in [2.45, 2.75) is 65.5 Å². The van der Waals surface area contributed by atoms with E-state index in [9.17, 15) is 14.3 Å². The van der Waals surface area contributed by atoms with Crippen molar-refractivity contribution in [2.24, 2.45) is 17.6 Å². The van der Waals surface area contributed by atoms with Crippen molar-refractivity contribution in [3.63, 3.8) is 0 Å². The summed E-state index contributed by atoms with van der Waals surface area (Å²) in [4.78, 5) is 20.0. The van der Waals surface area contributed by atoms with Gasteiger partial charge in [-0.3, -0.25) is 9.05 Å². The van der Waals surface area contributed by atoms with Crippen molar-refractivity contribution in [3.8, 4) is 0 Å². The van der Waals surface area contributed by atoms with E-state index in [0.717, 1.165) is 31.5 Å². The van der Waals surface area contributed by atoms with Crippen molar-refractivity contribution in [2.75, 3.05) is 6.61 Å². The highest BCUT2D eigenvalue weighted by molar-refractivity contribution is 7.47. The van der Waals surface area contributed by atoms with Gasteiger partial charge in [-0.1, -0.05) is 46.5 Å². The van der Waals surface area contributed by atoms with Gasteiger partial charge in [-0.25, -0.2) is 4.57 Å². The van der Waals surface area contributed by atoms with Crippen LogP contribution in [-0.2, 0) is 18.4 Å². The predicted octanol–water partition coefficient (Wildman–Crippen LogP) is 3.24. The number of hydrogen-bond donors (Lipinski definition) is 2. The zero-order valence-corrected chi connectivity index (χ0v) is 14.3. The third-order valence-electron chi connectivity index (χ3n) is 3.40. The Kier molecular flexibility index (Phi) is 11.2. The highest BCUT2D eigenvalue weighted by Crippen LogP contribution is 2.44. The molecule has 0 rings (SSSR count). The third kappa shape index (κ3) is 12.0. The lowest BCUT2D eigenvalue weighted by atomic mass is 10.0. The van der Waals surface area contributed by atoms with Crippen LogP contribution in [0.3, 0.4) is 0 Å². The van der Waals surface area contributed by atoms with Crippen LogP contribution < -0.4 is 5.73 Å². The number of unbranched alkanes of at least 4 members (excludes halogenated alkanes) is 2. The van der Waals surface area contributed by atoms with Crippen LogP contribution >= 0.6 is 7.82 Å². The van der Waals surface area contributed by atoms with Gasteiger partial charge in [-0.2, -0.15) is 0 Å². The zero-order chi connectivity index (χ0) is 16.3. The van der Waals surface area contributed by atoms with Crippen LogP contribution in [0.2, 0.25) is 0 Å². The van der Waals surface area contributed by atoms with Crippen molar-refractivity contribution in [1.29, 1.82) is 0 Å². The van der Waals surface area contributed by atoms with Gasteiger partial charge in [0.05, 0.1) is 6.61 Å². The number of phosphoric acid groups is 1. The van der Waals surface area contributed by atoms with E-state index in [1.54, 1.807) is 6.92 Å². The summed E-state index contributed by atoms with van der Waals surface area (Å²) in [6.45, 7) is 6.22. The van der Waals surface area contributed by atoms with Gasteiger partial charge < -0.3 is 15.4 Å². The van der Waals surface area contributed by atoms with Crippen LogP contribution in [-0.4, -0.2) is 24.0 Å². The quantitative estimate of drug-likeness (QED) is 0.234. The summed E-state index contributed by atoms with van der Waals surface area (Å²) in [5.74, 6) is 0.400. The van der Waals surface area contributed by atoms with Gasteiger partial charge in [0.2, 0.25) is 0 Å². The average molecular weight is 323 g/mol. The smallest absolute Gasteiger partial charge is 0.306 e. The zero-order valence-electron chi connectivity index (χ0n) is 13.4. The standard InChI is InChI=1S/C14H30NO5P/c1-4-12(2)8-6-5-7-9-19-21(17,18)20-14(15)10-13(3)11-16/h11-14H,4-10,15H2,1-3H3,(H,17,18). The van der Waals surface area contributed by atoms with Gasteiger partial charge in [0, 0.05) is 5.92 Å². The minimum atomic E-state index is -4.13. The van der Waals surface area contributed by atoms with Crippen LogP contribution in [0, 0.1) is 11.8 Å². The summed E-state index contributed by atoms with van der Waals surface area (Å²) in [5.41, 5.74) is 5.54. The van der Waals surface area contributed by atoms with Crippen molar-refractivity contribution >= 4 is 14.1 Å². The van der Waals surface area contributed by atoms with Crippen LogP contribution in [0.4, 0.5) is 0 Å². The van der Waals surface area contributed by atoms with E-state index < -0.39 is 14.1 Å². The molecule has 0 aliphatic rings. The molecule has 0 saturated heterocycles. The molecule has 0 aliphatic carbocycles. The normalized spacial score (nSPS) is 18.7. The monoisotopic (exact) mass is 323 g/mol. The Bertz CT molecular complexity index is 326. The Morgan fingerprint density at radius 2 is 1.95 bits per heavy atom. The molecule has 7 heteroatoms.